The number of likely N-dealkylation sites (tertiary alicyclic amines) is 4. The number of alkyl carbamates (subject to hydrolysis) is 4. The first-order chi connectivity index (χ1) is 61.5. The average molecular weight is 1750 g/mol. The lowest BCUT2D eigenvalue weighted by Gasteiger charge is -2.33. The number of halogens is 2. The van der Waals surface area contributed by atoms with Crippen LogP contribution in [0.2, 0.25) is 0 Å². The van der Waals surface area contributed by atoms with Gasteiger partial charge in [0.1, 0.15) is 35.8 Å². The maximum atomic E-state index is 14.2. The molecule has 8 aliphatic heterocycles. The van der Waals surface area contributed by atoms with Crippen LogP contribution in [0.5, 0.6) is 0 Å². The lowest BCUT2D eigenvalue weighted by Crippen LogP contribution is -2.53. The molecule has 28 heteroatoms. The zero-order chi connectivity index (χ0) is 91.3. The molecule has 14 rings (SSSR count). The molecule has 8 amide bonds. The number of hydrogen-bond acceptors (Lipinski definition) is 18. The van der Waals surface area contributed by atoms with Gasteiger partial charge in [-0.3, -0.25) is 38.8 Å². The standard InChI is InChI=1S/2C50H61FN6O7/c2*1-30(2)45(53-49(61)63-5)47(59)55-27-7-9-42(55)39-24-23-38(52-39)33-15-17-35(18-16-33)41-26-25-40(57(41)37-21-19-36(51)20-22-37)34-13-11-32(12-14-34)29-44(58)43-10-8-28-56(43)48(60)46(31(3)4)54-50(62)64-6/h2*11-23,30-31,40-43,45-46H,7-10,24-29H2,1-6H3,(H,53,61)(H,54,62)/t40-,41-,42+,43+,45+,46+;40-,41-,42-,43-,45-,46-/m10/s1. The van der Waals surface area contributed by atoms with E-state index < -0.39 is 60.6 Å². The molecule has 0 radical (unpaired) electrons. The number of carbonyl (C=O) groups is 10. The van der Waals surface area contributed by atoms with E-state index in [1.807, 2.05) is 114 Å². The number of methoxy groups -OCH3 is 4. The van der Waals surface area contributed by atoms with Gasteiger partial charge in [0.05, 0.1) is 88.2 Å². The molecule has 0 spiro atoms. The number of nitrogens with one attached hydrogen (secondary N) is 4. The smallest absolute Gasteiger partial charge is 0.407 e. The summed E-state index contributed by atoms with van der Waals surface area (Å²) in [6, 6.07) is 42.2. The van der Waals surface area contributed by atoms with E-state index in [9.17, 15) is 56.7 Å². The van der Waals surface area contributed by atoms with Gasteiger partial charge in [-0.15, -0.1) is 0 Å². The highest BCUT2D eigenvalue weighted by atomic mass is 19.1. The Morgan fingerprint density at radius 3 is 0.891 bits per heavy atom. The second-order valence-electron chi connectivity index (χ2n) is 36.0. The maximum Gasteiger partial charge on any atom is 0.407 e. The minimum atomic E-state index is -0.791. The number of ether oxygens (including phenoxy) is 4. The molecule has 0 saturated carbocycles. The van der Waals surface area contributed by atoms with Crippen molar-refractivity contribution in [3.63, 3.8) is 0 Å². The van der Waals surface area contributed by atoms with Crippen molar-refractivity contribution in [3.8, 4) is 0 Å². The van der Waals surface area contributed by atoms with E-state index in [0.29, 0.717) is 64.7 Å². The highest BCUT2D eigenvalue weighted by Gasteiger charge is 2.45. The number of carbonyl (C=O) groups excluding carboxylic acids is 10. The van der Waals surface area contributed by atoms with Crippen LogP contribution in [0.3, 0.4) is 0 Å². The Hall–Kier alpha value is -12.1. The van der Waals surface area contributed by atoms with E-state index in [0.717, 1.165) is 130 Å². The monoisotopic (exact) mass is 1750 g/mol. The fraction of sp³-hybridized carbons (Fsp3) is 0.480. The molecule has 8 heterocycles. The van der Waals surface area contributed by atoms with Gasteiger partial charge in [-0.2, -0.15) is 0 Å². The minimum Gasteiger partial charge on any atom is -0.453 e. The van der Waals surface area contributed by atoms with E-state index in [2.05, 4.69) is 116 Å². The molecular weight excluding hydrogens is 1630 g/mol. The first kappa shape index (κ1) is 93.5. The molecule has 12 atom stereocenters. The third-order valence-electron chi connectivity index (χ3n) is 26.4. The summed E-state index contributed by atoms with van der Waals surface area (Å²) in [5.41, 5.74) is 13.6. The number of nitrogens with zero attached hydrogens (tertiary/aromatic N) is 8. The van der Waals surface area contributed by atoms with E-state index in [1.54, 1.807) is 9.80 Å². The van der Waals surface area contributed by atoms with Gasteiger partial charge in [0.2, 0.25) is 23.6 Å². The zero-order valence-corrected chi connectivity index (χ0v) is 75.4. The number of Topliss-reactive ketones (excluding diaryl/α,β-unsaturated/α-hetero) is 2. The molecule has 0 unspecified atom stereocenters. The SMILES string of the molecule is COC(=O)N[C@H](C(=O)N1CCC[C@H]1C(=O)Cc1ccc([C@@H]2CC[C@@H](c3ccc(C4=CCC([C@@H]5CCCN5C(=O)[C@@H](NC(=O)OC)C(C)C)=N4)cc3)N2c2ccc(F)cc2)cc1)C(C)C.COC(=O)N[C@H](C(=O)N1CCC[C@H]1C(=O)Cc1ccc([C@H]2CC[C@H](c3ccc(C4=CCC([C@@H]5CCCN5C(=O)[C@@H](NC(=O)OC)C(C)C)=N4)cc3)N2c2ccc(F)cc2)cc1)C(C)C. The second-order valence-corrected chi connectivity index (χ2v) is 36.0. The summed E-state index contributed by atoms with van der Waals surface area (Å²) in [5.74, 6) is -2.05. The van der Waals surface area contributed by atoms with Crippen LogP contribution >= 0.6 is 0 Å². The van der Waals surface area contributed by atoms with Crippen LogP contribution in [0.25, 0.3) is 11.4 Å². The van der Waals surface area contributed by atoms with Crippen molar-refractivity contribution in [2.24, 2.45) is 33.7 Å². The van der Waals surface area contributed by atoms with Crippen LogP contribution in [0.15, 0.2) is 168 Å². The van der Waals surface area contributed by atoms with Crippen molar-refractivity contribution in [1.29, 1.82) is 0 Å². The van der Waals surface area contributed by atoms with E-state index in [1.165, 1.54) is 52.7 Å². The van der Waals surface area contributed by atoms with Gasteiger partial charge < -0.3 is 69.6 Å². The minimum absolute atomic E-state index is 0.00186. The number of benzene rings is 6. The number of aliphatic imine (C=N–C) groups is 2. The highest BCUT2D eigenvalue weighted by molar-refractivity contribution is 6.04. The Morgan fingerprint density at radius 2 is 0.609 bits per heavy atom. The van der Waals surface area contributed by atoms with Crippen LogP contribution < -0.4 is 31.1 Å². The second kappa shape index (κ2) is 42.2. The molecule has 0 aromatic heterocycles. The summed E-state index contributed by atoms with van der Waals surface area (Å²) in [6.07, 6.45) is 12.7. The third-order valence-corrected chi connectivity index (χ3v) is 26.4. The number of allylic oxidation sites excluding steroid dienone is 2. The molecule has 4 N–H and O–H groups in total. The molecule has 6 aromatic rings. The molecule has 26 nitrogen and oxygen atoms in total. The van der Waals surface area contributed by atoms with E-state index >= 15 is 0 Å². The van der Waals surface area contributed by atoms with Gasteiger partial charge in [-0.25, -0.2) is 28.0 Å². The van der Waals surface area contributed by atoms with Crippen molar-refractivity contribution < 1.29 is 75.7 Å². The molecule has 6 aromatic carbocycles. The number of rotatable bonds is 28. The highest BCUT2D eigenvalue weighted by Crippen LogP contribution is 2.50. The van der Waals surface area contributed by atoms with E-state index in [-0.39, 0.29) is 120 Å². The van der Waals surface area contributed by atoms with Crippen molar-refractivity contribution in [2.75, 3.05) is 64.4 Å². The number of anilines is 2. The van der Waals surface area contributed by atoms with Gasteiger partial charge in [0.25, 0.3) is 0 Å². The molecule has 0 aliphatic carbocycles. The first-order valence-corrected chi connectivity index (χ1v) is 45.2. The maximum absolute atomic E-state index is 14.2. The third kappa shape index (κ3) is 21.5. The van der Waals surface area contributed by atoms with Gasteiger partial charge in [0.15, 0.2) is 11.6 Å². The van der Waals surface area contributed by atoms with Crippen LogP contribution in [0.1, 0.15) is 214 Å². The lowest BCUT2D eigenvalue weighted by molar-refractivity contribution is -0.140. The average Bonchev–Trinajstić information content (AvgIpc) is 1.62. The van der Waals surface area contributed by atoms with Gasteiger partial charge in [0, 0.05) is 74.7 Å². The Morgan fingerprint density at radius 1 is 0.344 bits per heavy atom. The summed E-state index contributed by atoms with van der Waals surface area (Å²) < 4.78 is 47.6. The molecule has 8 aliphatic rings. The molecule has 6 saturated heterocycles. The van der Waals surface area contributed by atoms with E-state index in [4.69, 9.17) is 28.9 Å². The van der Waals surface area contributed by atoms with Crippen molar-refractivity contribution in [1.82, 2.24) is 40.9 Å². The molecule has 680 valence electrons. The van der Waals surface area contributed by atoms with Crippen LogP contribution in [-0.4, -0.2) is 194 Å². The summed E-state index contributed by atoms with van der Waals surface area (Å²) in [4.78, 5) is 152. The fourth-order valence-electron chi connectivity index (χ4n) is 19.7. The number of hydrogen-bond donors (Lipinski definition) is 4. The van der Waals surface area contributed by atoms with Crippen molar-refractivity contribution in [2.45, 2.75) is 231 Å². The molecule has 6 fully saturated rings. The van der Waals surface area contributed by atoms with Crippen molar-refractivity contribution >= 4 is 93.8 Å². The fourth-order valence-corrected chi connectivity index (χ4v) is 19.7. The van der Waals surface area contributed by atoms with Gasteiger partial charge >= 0.3 is 24.4 Å². The molecule has 128 heavy (non-hydrogen) atoms. The normalized spacial score (nSPS) is 21.7. The van der Waals surface area contributed by atoms with Crippen LogP contribution in [-0.2, 0) is 60.6 Å². The lowest BCUT2D eigenvalue weighted by atomic mass is 9.97. The number of amides is 8. The summed E-state index contributed by atoms with van der Waals surface area (Å²) >= 11 is 0. The summed E-state index contributed by atoms with van der Waals surface area (Å²) in [6.45, 7) is 17.2. The molecular formula is C100H122F2N12O14. The Kier molecular flexibility index (Phi) is 30.9. The predicted molar refractivity (Wildman–Crippen MR) is 486 cm³/mol. The van der Waals surface area contributed by atoms with Gasteiger partial charge in [-0.05, 0) is 194 Å². The van der Waals surface area contributed by atoms with Gasteiger partial charge in [-0.1, -0.05) is 165 Å². The molecule has 0 bridgehead atoms. The van der Waals surface area contributed by atoms with Crippen LogP contribution in [0.4, 0.5) is 39.3 Å². The summed E-state index contributed by atoms with van der Waals surface area (Å²) in [7, 11) is 5.09. The quantitative estimate of drug-likeness (QED) is 0.0332. The Labute approximate surface area is 749 Å². The van der Waals surface area contributed by atoms with Crippen molar-refractivity contribution in [3.05, 3.63) is 214 Å². The topological polar surface area (TPSA) is 300 Å². The largest absolute Gasteiger partial charge is 0.453 e. The predicted octanol–water partition coefficient (Wildman–Crippen LogP) is 15.9. The Balaban J connectivity index is 0.000000219. The van der Waals surface area contributed by atoms with Crippen LogP contribution in [0, 0.1) is 35.3 Å². The first-order valence-electron chi connectivity index (χ1n) is 45.2. The number of ketones is 2. The Bertz CT molecular complexity index is 4800. The summed E-state index contributed by atoms with van der Waals surface area (Å²) in [5, 5.41) is 10.7. The zero-order valence-electron chi connectivity index (χ0n) is 75.4.